The van der Waals surface area contributed by atoms with Crippen molar-refractivity contribution in [2.45, 2.75) is 4.90 Å². The van der Waals surface area contributed by atoms with Crippen LogP contribution in [-0.4, -0.2) is 37.3 Å². The average molecular weight is 332 g/mol. The summed E-state index contributed by atoms with van der Waals surface area (Å²) >= 11 is 0. The standard InChI is InChI=1S/C15H12N2O5S/c1-23(20,21)12-5-11(7-17-8-12)13-4-10(6-16)2-3-14(13)22-9-15(18)19/h2-5,7-8H,9H2,1H3,(H,18,19). The molecule has 0 radical (unpaired) electrons. The molecule has 0 atom stereocenters. The molecular formula is C15H12N2O5S. The van der Waals surface area contributed by atoms with E-state index in [0.29, 0.717) is 16.7 Å². The quantitative estimate of drug-likeness (QED) is 0.881. The molecule has 23 heavy (non-hydrogen) atoms. The van der Waals surface area contributed by atoms with E-state index >= 15 is 0 Å². The third-order valence-corrected chi connectivity index (χ3v) is 3.99. The van der Waals surface area contributed by atoms with Crippen molar-refractivity contribution >= 4 is 15.8 Å². The van der Waals surface area contributed by atoms with Crippen LogP contribution in [-0.2, 0) is 14.6 Å². The van der Waals surface area contributed by atoms with Gasteiger partial charge in [-0.1, -0.05) is 0 Å². The van der Waals surface area contributed by atoms with Gasteiger partial charge in [0, 0.05) is 29.8 Å². The molecule has 0 fully saturated rings. The van der Waals surface area contributed by atoms with E-state index in [-0.39, 0.29) is 10.6 Å². The summed E-state index contributed by atoms with van der Waals surface area (Å²) in [7, 11) is -3.45. The number of ether oxygens (including phenoxy) is 1. The second-order valence-corrected chi connectivity index (χ2v) is 6.70. The lowest BCUT2D eigenvalue weighted by Gasteiger charge is -2.11. The maximum absolute atomic E-state index is 11.6. The van der Waals surface area contributed by atoms with Crippen molar-refractivity contribution in [3.63, 3.8) is 0 Å². The van der Waals surface area contributed by atoms with Crippen LogP contribution in [0.2, 0.25) is 0 Å². The smallest absolute Gasteiger partial charge is 0.341 e. The molecule has 0 aliphatic heterocycles. The van der Waals surface area contributed by atoms with Gasteiger partial charge in [-0.05, 0) is 24.3 Å². The number of hydrogen-bond acceptors (Lipinski definition) is 6. The van der Waals surface area contributed by atoms with Gasteiger partial charge in [0.15, 0.2) is 16.4 Å². The molecule has 7 nitrogen and oxygen atoms in total. The van der Waals surface area contributed by atoms with Gasteiger partial charge in [-0.15, -0.1) is 0 Å². The second-order valence-electron chi connectivity index (χ2n) is 4.69. The van der Waals surface area contributed by atoms with Crippen molar-refractivity contribution in [2.75, 3.05) is 12.9 Å². The third kappa shape index (κ3) is 4.05. The van der Waals surface area contributed by atoms with Crippen molar-refractivity contribution in [1.29, 1.82) is 5.26 Å². The molecule has 0 bridgehead atoms. The van der Waals surface area contributed by atoms with Gasteiger partial charge in [-0.25, -0.2) is 13.2 Å². The van der Waals surface area contributed by atoms with Crippen molar-refractivity contribution in [3.8, 4) is 22.9 Å². The average Bonchev–Trinajstić information content (AvgIpc) is 2.52. The molecule has 0 aliphatic rings. The fourth-order valence-corrected chi connectivity index (χ4v) is 2.45. The first kappa shape index (κ1) is 16.5. The van der Waals surface area contributed by atoms with Crippen LogP contribution in [0.25, 0.3) is 11.1 Å². The van der Waals surface area contributed by atoms with E-state index in [9.17, 15) is 13.2 Å². The first-order valence-corrected chi connectivity index (χ1v) is 8.24. The summed E-state index contributed by atoms with van der Waals surface area (Å²) in [5, 5.41) is 17.7. The molecule has 0 saturated heterocycles. The number of carboxylic acids is 1. The number of pyridine rings is 1. The van der Waals surface area contributed by atoms with Crippen molar-refractivity contribution in [2.24, 2.45) is 0 Å². The first-order chi connectivity index (χ1) is 10.8. The van der Waals surface area contributed by atoms with Crippen molar-refractivity contribution in [3.05, 3.63) is 42.2 Å². The van der Waals surface area contributed by atoms with Crippen LogP contribution in [0.15, 0.2) is 41.6 Å². The zero-order valence-corrected chi connectivity index (χ0v) is 12.9. The molecule has 118 valence electrons. The Morgan fingerprint density at radius 1 is 1.35 bits per heavy atom. The number of rotatable bonds is 5. The predicted molar refractivity (Wildman–Crippen MR) is 80.6 cm³/mol. The molecule has 2 rings (SSSR count). The van der Waals surface area contributed by atoms with Gasteiger partial charge >= 0.3 is 5.97 Å². The highest BCUT2D eigenvalue weighted by molar-refractivity contribution is 7.90. The Hall–Kier alpha value is -2.92. The summed E-state index contributed by atoms with van der Waals surface area (Å²) < 4.78 is 28.5. The summed E-state index contributed by atoms with van der Waals surface area (Å²) in [4.78, 5) is 14.6. The van der Waals surface area contributed by atoms with E-state index in [1.807, 2.05) is 6.07 Å². The lowest BCUT2D eigenvalue weighted by molar-refractivity contribution is -0.139. The maximum Gasteiger partial charge on any atom is 0.341 e. The minimum Gasteiger partial charge on any atom is -0.481 e. The van der Waals surface area contributed by atoms with Crippen LogP contribution >= 0.6 is 0 Å². The monoisotopic (exact) mass is 332 g/mol. The van der Waals surface area contributed by atoms with Crippen LogP contribution in [0.5, 0.6) is 5.75 Å². The summed E-state index contributed by atoms with van der Waals surface area (Å²) in [5.74, 6) is -0.929. The Morgan fingerprint density at radius 3 is 2.70 bits per heavy atom. The van der Waals surface area contributed by atoms with E-state index in [2.05, 4.69) is 4.98 Å². The molecule has 0 saturated carbocycles. The highest BCUT2D eigenvalue weighted by atomic mass is 32.2. The van der Waals surface area contributed by atoms with Crippen LogP contribution in [0.3, 0.4) is 0 Å². The van der Waals surface area contributed by atoms with E-state index in [4.69, 9.17) is 15.1 Å². The Kier molecular flexibility index (Phi) is 4.62. The number of aromatic nitrogens is 1. The van der Waals surface area contributed by atoms with E-state index in [1.54, 1.807) is 0 Å². The van der Waals surface area contributed by atoms with Gasteiger partial charge in [-0.2, -0.15) is 5.26 Å². The number of aliphatic carboxylic acids is 1. The summed E-state index contributed by atoms with van der Waals surface area (Å²) in [6, 6.07) is 7.79. The number of carboxylic acid groups (broad SMARTS) is 1. The van der Waals surface area contributed by atoms with E-state index in [0.717, 1.165) is 6.26 Å². The highest BCUT2D eigenvalue weighted by Crippen LogP contribution is 2.31. The first-order valence-electron chi connectivity index (χ1n) is 6.35. The Morgan fingerprint density at radius 2 is 2.09 bits per heavy atom. The van der Waals surface area contributed by atoms with Gasteiger partial charge in [-0.3, -0.25) is 4.98 Å². The zero-order chi connectivity index (χ0) is 17.0. The summed E-state index contributed by atoms with van der Waals surface area (Å²) in [6.45, 7) is -0.557. The minimum atomic E-state index is -3.45. The number of hydrogen-bond donors (Lipinski definition) is 1. The third-order valence-electron chi connectivity index (χ3n) is 2.91. The van der Waals surface area contributed by atoms with Crippen LogP contribution in [0.4, 0.5) is 0 Å². The van der Waals surface area contributed by atoms with Gasteiger partial charge < -0.3 is 9.84 Å². The molecule has 8 heteroatoms. The summed E-state index contributed by atoms with van der Waals surface area (Å²) in [6.07, 6.45) is 3.69. The molecule has 0 amide bonds. The van der Waals surface area contributed by atoms with Crippen LogP contribution < -0.4 is 4.74 Å². The topological polar surface area (TPSA) is 117 Å². The maximum atomic E-state index is 11.6. The number of carbonyl (C=O) groups is 1. The Balaban J connectivity index is 2.56. The largest absolute Gasteiger partial charge is 0.481 e. The normalized spacial score (nSPS) is 10.8. The van der Waals surface area contributed by atoms with Crippen LogP contribution in [0.1, 0.15) is 5.56 Å². The number of nitriles is 1. The molecule has 0 spiro atoms. The Labute approximate surface area is 132 Å². The fraction of sp³-hybridized carbons (Fsp3) is 0.133. The zero-order valence-electron chi connectivity index (χ0n) is 12.1. The lowest BCUT2D eigenvalue weighted by atomic mass is 10.0. The number of nitrogens with zero attached hydrogens (tertiary/aromatic N) is 2. The van der Waals surface area contributed by atoms with Crippen molar-refractivity contribution in [1.82, 2.24) is 4.98 Å². The number of benzene rings is 1. The molecule has 0 unspecified atom stereocenters. The van der Waals surface area contributed by atoms with Gasteiger partial charge in [0.05, 0.1) is 16.5 Å². The van der Waals surface area contributed by atoms with Gasteiger partial charge in [0.25, 0.3) is 0 Å². The number of sulfone groups is 1. The molecule has 1 heterocycles. The molecule has 0 aliphatic carbocycles. The molecule has 1 N–H and O–H groups in total. The SMILES string of the molecule is CS(=O)(=O)c1cncc(-c2cc(C#N)ccc2OCC(=O)O)c1. The van der Waals surface area contributed by atoms with Gasteiger partial charge in [0.1, 0.15) is 5.75 Å². The predicted octanol–water partition coefficient (Wildman–Crippen LogP) is 1.49. The second kappa shape index (κ2) is 6.46. The summed E-state index contributed by atoms with van der Waals surface area (Å²) in [5.41, 5.74) is 1.13. The lowest BCUT2D eigenvalue weighted by Crippen LogP contribution is -2.10. The highest BCUT2D eigenvalue weighted by Gasteiger charge is 2.14. The molecule has 1 aromatic heterocycles. The molecule has 1 aromatic carbocycles. The van der Waals surface area contributed by atoms with E-state index in [1.165, 1.54) is 36.7 Å². The molecular weight excluding hydrogens is 320 g/mol. The van der Waals surface area contributed by atoms with Crippen LogP contribution in [0, 0.1) is 11.3 Å². The van der Waals surface area contributed by atoms with E-state index < -0.39 is 22.4 Å². The van der Waals surface area contributed by atoms with Crippen molar-refractivity contribution < 1.29 is 23.1 Å². The fourth-order valence-electron chi connectivity index (χ4n) is 1.86. The minimum absolute atomic E-state index is 0.0153. The Bertz CT molecular complexity index is 900. The van der Waals surface area contributed by atoms with Gasteiger partial charge in [0.2, 0.25) is 0 Å². The molecule has 2 aromatic rings.